The number of nitrogens with one attached hydrogen (secondary N) is 1. The number of fused-ring (bicyclic) bond motifs is 1. The molecule has 0 saturated heterocycles. The fourth-order valence-electron chi connectivity index (χ4n) is 3.22. The van der Waals surface area contributed by atoms with Crippen LogP contribution in [0.5, 0.6) is 0 Å². The molecule has 0 saturated carbocycles. The van der Waals surface area contributed by atoms with Gasteiger partial charge in [0.2, 0.25) is 0 Å². The first kappa shape index (κ1) is 17.9. The van der Waals surface area contributed by atoms with Gasteiger partial charge in [-0.1, -0.05) is 25.1 Å². The Balaban J connectivity index is 2.03. The zero-order chi connectivity index (χ0) is 18.8. The minimum Gasteiger partial charge on any atom is -0.321 e. The molecule has 1 aromatic heterocycles. The number of para-hydroxylation sites is 1. The molecule has 5 nitrogen and oxygen atoms in total. The van der Waals surface area contributed by atoms with E-state index in [-0.39, 0.29) is 11.5 Å². The van der Waals surface area contributed by atoms with Crippen molar-refractivity contribution < 1.29 is 4.79 Å². The normalized spacial score (nSPS) is 10.9. The monoisotopic (exact) mass is 349 g/mol. The van der Waals surface area contributed by atoms with E-state index in [0.717, 1.165) is 28.8 Å². The summed E-state index contributed by atoms with van der Waals surface area (Å²) in [6.45, 7) is 8.23. The predicted molar refractivity (Wildman–Crippen MR) is 105 cm³/mol. The molecule has 0 unspecified atom stereocenters. The van der Waals surface area contributed by atoms with Gasteiger partial charge in [0.25, 0.3) is 11.5 Å². The fraction of sp³-hybridized carbons (Fsp3) is 0.286. The Morgan fingerprint density at radius 2 is 1.92 bits per heavy atom. The van der Waals surface area contributed by atoms with Crippen molar-refractivity contribution >= 4 is 22.6 Å². The lowest BCUT2D eigenvalue weighted by molar-refractivity contribution is 0.102. The van der Waals surface area contributed by atoms with Crippen LogP contribution in [-0.2, 0) is 13.0 Å². The van der Waals surface area contributed by atoms with Crippen molar-refractivity contribution in [3.05, 3.63) is 69.1 Å². The number of benzene rings is 2. The number of carbonyl (C=O) groups is 1. The molecule has 0 spiro atoms. The van der Waals surface area contributed by atoms with Gasteiger partial charge in [-0.3, -0.25) is 9.59 Å². The molecule has 5 heteroatoms. The van der Waals surface area contributed by atoms with E-state index in [4.69, 9.17) is 0 Å². The number of aryl methyl sites for hydroxylation is 4. The molecule has 2 aromatic carbocycles. The first-order valence-corrected chi connectivity index (χ1v) is 8.87. The number of hydrogen-bond donors (Lipinski definition) is 1. The van der Waals surface area contributed by atoms with Crippen LogP contribution in [-0.4, -0.2) is 15.5 Å². The molecule has 3 rings (SSSR count). The summed E-state index contributed by atoms with van der Waals surface area (Å²) < 4.78 is 1.68. The lowest BCUT2D eigenvalue weighted by atomic mass is 10.1. The first-order valence-electron chi connectivity index (χ1n) is 8.87. The van der Waals surface area contributed by atoms with Gasteiger partial charge in [0.05, 0.1) is 11.0 Å². The van der Waals surface area contributed by atoms with E-state index in [1.165, 1.54) is 0 Å². The topological polar surface area (TPSA) is 64.0 Å². The van der Waals surface area contributed by atoms with Crippen LogP contribution in [0.2, 0.25) is 0 Å². The van der Waals surface area contributed by atoms with Crippen molar-refractivity contribution in [1.29, 1.82) is 0 Å². The van der Waals surface area contributed by atoms with Gasteiger partial charge in [-0.15, -0.1) is 0 Å². The van der Waals surface area contributed by atoms with Crippen molar-refractivity contribution in [3.63, 3.8) is 0 Å². The van der Waals surface area contributed by atoms with Crippen LogP contribution in [0.3, 0.4) is 0 Å². The summed E-state index contributed by atoms with van der Waals surface area (Å²) in [6, 6.07) is 11.3. The maximum atomic E-state index is 12.8. The van der Waals surface area contributed by atoms with Crippen LogP contribution in [0, 0.1) is 13.8 Å². The van der Waals surface area contributed by atoms with Crippen molar-refractivity contribution in [2.24, 2.45) is 0 Å². The quantitative estimate of drug-likeness (QED) is 0.778. The van der Waals surface area contributed by atoms with Gasteiger partial charge in [-0.25, -0.2) is 4.98 Å². The van der Waals surface area contributed by atoms with Crippen LogP contribution >= 0.6 is 0 Å². The van der Waals surface area contributed by atoms with Crippen LogP contribution in [0.4, 0.5) is 5.69 Å². The number of hydrogen-bond acceptors (Lipinski definition) is 3. The van der Waals surface area contributed by atoms with Gasteiger partial charge in [-0.05, 0) is 56.5 Å². The van der Waals surface area contributed by atoms with Crippen LogP contribution in [0.25, 0.3) is 11.0 Å². The highest BCUT2D eigenvalue weighted by Gasteiger charge is 2.13. The fourth-order valence-corrected chi connectivity index (χ4v) is 3.22. The second-order valence-corrected chi connectivity index (χ2v) is 6.37. The number of aromatic nitrogens is 2. The smallest absolute Gasteiger partial charge is 0.272 e. The van der Waals surface area contributed by atoms with Gasteiger partial charge in [0.15, 0.2) is 0 Å². The predicted octanol–water partition coefficient (Wildman–Crippen LogP) is 3.85. The highest BCUT2D eigenvalue weighted by Crippen LogP contribution is 2.22. The Morgan fingerprint density at radius 1 is 1.15 bits per heavy atom. The Kier molecular flexibility index (Phi) is 4.89. The molecule has 0 aliphatic carbocycles. The van der Waals surface area contributed by atoms with E-state index >= 15 is 0 Å². The molecule has 1 N–H and O–H groups in total. The molecule has 0 fully saturated rings. The molecule has 1 amide bonds. The number of rotatable bonds is 4. The summed E-state index contributed by atoms with van der Waals surface area (Å²) in [7, 11) is 0. The van der Waals surface area contributed by atoms with E-state index in [1.54, 1.807) is 29.7 Å². The number of nitrogens with zero attached hydrogens (tertiary/aromatic N) is 2. The molecule has 3 aromatic rings. The molecule has 0 radical (unpaired) electrons. The van der Waals surface area contributed by atoms with E-state index in [0.29, 0.717) is 23.3 Å². The lowest BCUT2D eigenvalue weighted by Crippen LogP contribution is -2.23. The largest absolute Gasteiger partial charge is 0.321 e. The maximum absolute atomic E-state index is 12.8. The van der Waals surface area contributed by atoms with E-state index in [2.05, 4.69) is 17.2 Å². The highest BCUT2D eigenvalue weighted by molar-refractivity contribution is 6.06. The van der Waals surface area contributed by atoms with Crippen LogP contribution < -0.4 is 10.9 Å². The average Bonchev–Trinajstić information content (AvgIpc) is 2.64. The standard InChI is InChI=1S/C21H23N3O2/c1-5-15-9-7-8-13(3)19(15)23-20(25)16-10-11-18-17(12-16)22-14(4)21(26)24(18)6-2/h7-12H,5-6H2,1-4H3,(H,23,25). The SMILES string of the molecule is CCc1cccc(C)c1NC(=O)c1ccc2c(c1)nc(C)c(=O)n2CC. The Labute approximate surface area is 152 Å². The summed E-state index contributed by atoms with van der Waals surface area (Å²) in [5.74, 6) is -0.176. The average molecular weight is 349 g/mol. The molecular formula is C21H23N3O2. The molecule has 1 heterocycles. The van der Waals surface area contributed by atoms with Gasteiger partial charge >= 0.3 is 0 Å². The molecule has 0 atom stereocenters. The van der Waals surface area contributed by atoms with Gasteiger partial charge in [0.1, 0.15) is 5.69 Å². The third kappa shape index (κ3) is 3.12. The van der Waals surface area contributed by atoms with E-state index in [1.807, 2.05) is 32.0 Å². The Hall–Kier alpha value is -2.95. The summed E-state index contributed by atoms with van der Waals surface area (Å²) in [5.41, 5.74) is 5.26. The van der Waals surface area contributed by atoms with Crippen molar-refractivity contribution in [2.75, 3.05) is 5.32 Å². The molecular weight excluding hydrogens is 326 g/mol. The second kappa shape index (κ2) is 7.12. The third-order valence-electron chi connectivity index (χ3n) is 4.67. The summed E-state index contributed by atoms with van der Waals surface area (Å²) in [4.78, 5) is 29.4. The van der Waals surface area contributed by atoms with E-state index < -0.39 is 0 Å². The molecule has 134 valence electrons. The Morgan fingerprint density at radius 3 is 2.62 bits per heavy atom. The van der Waals surface area contributed by atoms with Crippen LogP contribution in [0.1, 0.15) is 41.0 Å². The van der Waals surface area contributed by atoms with Gasteiger partial charge in [0, 0.05) is 17.8 Å². The number of amides is 1. The number of anilines is 1. The summed E-state index contributed by atoms with van der Waals surface area (Å²) in [5, 5.41) is 3.03. The summed E-state index contributed by atoms with van der Waals surface area (Å²) >= 11 is 0. The van der Waals surface area contributed by atoms with Crippen LogP contribution in [0.15, 0.2) is 41.2 Å². The third-order valence-corrected chi connectivity index (χ3v) is 4.67. The first-order chi connectivity index (χ1) is 12.5. The zero-order valence-corrected chi connectivity index (χ0v) is 15.6. The van der Waals surface area contributed by atoms with Crippen molar-refractivity contribution in [3.8, 4) is 0 Å². The van der Waals surface area contributed by atoms with Gasteiger partial charge in [-0.2, -0.15) is 0 Å². The molecule has 0 bridgehead atoms. The second-order valence-electron chi connectivity index (χ2n) is 6.37. The lowest BCUT2D eigenvalue weighted by Gasteiger charge is -2.14. The number of carbonyl (C=O) groups excluding carboxylic acids is 1. The van der Waals surface area contributed by atoms with E-state index in [9.17, 15) is 9.59 Å². The zero-order valence-electron chi connectivity index (χ0n) is 15.6. The minimum absolute atomic E-state index is 0.0929. The summed E-state index contributed by atoms with van der Waals surface area (Å²) in [6.07, 6.45) is 0.846. The Bertz CT molecular complexity index is 1050. The van der Waals surface area contributed by atoms with Gasteiger partial charge < -0.3 is 9.88 Å². The molecule has 0 aliphatic rings. The van der Waals surface area contributed by atoms with Crippen molar-refractivity contribution in [1.82, 2.24) is 9.55 Å². The molecule has 26 heavy (non-hydrogen) atoms. The minimum atomic E-state index is -0.176. The maximum Gasteiger partial charge on any atom is 0.272 e. The highest BCUT2D eigenvalue weighted by atomic mass is 16.1. The molecule has 0 aliphatic heterocycles. The van der Waals surface area contributed by atoms with Crippen molar-refractivity contribution in [2.45, 2.75) is 40.7 Å².